The van der Waals surface area contributed by atoms with Gasteiger partial charge >= 0.3 is 11.9 Å². The number of aromatic nitrogens is 2. The van der Waals surface area contributed by atoms with Crippen LogP contribution in [0, 0.1) is 6.92 Å². The molecule has 0 bridgehead atoms. The second kappa shape index (κ2) is 7.42. The molecule has 7 heteroatoms. The molecule has 0 aliphatic carbocycles. The molecule has 2 N–H and O–H groups in total. The zero-order valence-corrected chi connectivity index (χ0v) is 11.8. The Hall–Kier alpha value is -2.18. The Bertz CT molecular complexity index is 491. The molecule has 1 aromatic heterocycles. The molecule has 0 spiro atoms. The van der Waals surface area contributed by atoms with Crippen molar-refractivity contribution in [1.29, 1.82) is 0 Å². The standard InChI is InChI=1S/C13H19N3O4/c1-4-6-10(11(17)18)16-13-14-7-9(8(3)15-13)12(19)20-5-2/h7,10H,4-6H2,1-3H3,(H,17,18)(H,14,15,16). The second-order valence-corrected chi connectivity index (χ2v) is 4.24. The third-order valence-electron chi connectivity index (χ3n) is 2.65. The highest BCUT2D eigenvalue weighted by molar-refractivity contribution is 5.90. The SMILES string of the molecule is CCCC(Nc1ncc(C(=O)OCC)c(C)n1)C(=O)O. The van der Waals surface area contributed by atoms with E-state index in [0.29, 0.717) is 12.1 Å². The van der Waals surface area contributed by atoms with Crippen molar-refractivity contribution in [3.8, 4) is 0 Å². The fourth-order valence-electron chi connectivity index (χ4n) is 1.65. The molecule has 1 heterocycles. The van der Waals surface area contributed by atoms with Crippen molar-refractivity contribution in [2.75, 3.05) is 11.9 Å². The van der Waals surface area contributed by atoms with E-state index in [2.05, 4.69) is 15.3 Å². The highest BCUT2D eigenvalue weighted by atomic mass is 16.5. The van der Waals surface area contributed by atoms with Gasteiger partial charge in [0.1, 0.15) is 6.04 Å². The number of carbonyl (C=O) groups excluding carboxylic acids is 1. The van der Waals surface area contributed by atoms with Crippen molar-refractivity contribution in [3.05, 3.63) is 17.5 Å². The maximum absolute atomic E-state index is 11.6. The minimum absolute atomic E-state index is 0.191. The van der Waals surface area contributed by atoms with E-state index >= 15 is 0 Å². The summed E-state index contributed by atoms with van der Waals surface area (Å²) in [7, 11) is 0. The van der Waals surface area contributed by atoms with Gasteiger partial charge in [0.15, 0.2) is 0 Å². The average molecular weight is 281 g/mol. The summed E-state index contributed by atoms with van der Waals surface area (Å²) in [6.45, 7) is 5.53. The maximum atomic E-state index is 11.6. The molecule has 1 aromatic rings. The molecule has 0 saturated carbocycles. The molecule has 7 nitrogen and oxygen atoms in total. The number of aliphatic carboxylic acids is 1. The van der Waals surface area contributed by atoms with Crippen LogP contribution in [0.5, 0.6) is 0 Å². The summed E-state index contributed by atoms with van der Waals surface area (Å²) in [5, 5.41) is 11.8. The third kappa shape index (κ3) is 4.18. The van der Waals surface area contributed by atoms with E-state index in [-0.39, 0.29) is 18.1 Å². The summed E-state index contributed by atoms with van der Waals surface area (Å²) < 4.78 is 4.87. The zero-order chi connectivity index (χ0) is 15.1. The van der Waals surface area contributed by atoms with Crippen LogP contribution in [0.1, 0.15) is 42.7 Å². The molecule has 20 heavy (non-hydrogen) atoms. The predicted molar refractivity (Wildman–Crippen MR) is 72.7 cm³/mol. The first-order valence-corrected chi connectivity index (χ1v) is 6.49. The van der Waals surface area contributed by atoms with Crippen LogP contribution < -0.4 is 5.32 Å². The Morgan fingerprint density at radius 1 is 1.45 bits per heavy atom. The van der Waals surface area contributed by atoms with Crippen LogP contribution >= 0.6 is 0 Å². The smallest absolute Gasteiger partial charge is 0.341 e. The highest BCUT2D eigenvalue weighted by Gasteiger charge is 2.18. The Labute approximate surface area is 117 Å². The summed E-state index contributed by atoms with van der Waals surface area (Å²) in [6, 6.07) is -0.743. The van der Waals surface area contributed by atoms with Crippen LogP contribution in [0.4, 0.5) is 5.95 Å². The number of ether oxygens (including phenoxy) is 1. The normalized spacial score (nSPS) is 11.8. The van der Waals surface area contributed by atoms with Crippen molar-refractivity contribution < 1.29 is 19.4 Å². The van der Waals surface area contributed by atoms with Gasteiger partial charge in [-0.15, -0.1) is 0 Å². The Morgan fingerprint density at radius 2 is 2.15 bits per heavy atom. The molecule has 1 rings (SSSR count). The van der Waals surface area contributed by atoms with Gasteiger partial charge in [0, 0.05) is 6.20 Å². The summed E-state index contributed by atoms with van der Waals surface area (Å²) >= 11 is 0. The van der Waals surface area contributed by atoms with Crippen LogP contribution in [0.2, 0.25) is 0 Å². The number of carbonyl (C=O) groups is 2. The first-order chi connectivity index (χ1) is 9.49. The molecule has 0 aliphatic rings. The monoisotopic (exact) mass is 281 g/mol. The number of carboxylic acids is 1. The lowest BCUT2D eigenvalue weighted by molar-refractivity contribution is -0.138. The lowest BCUT2D eigenvalue weighted by atomic mass is 10.2. The number of aryl methyl sites for hydroxylation is 1. The first kappa shape index (κ1) is 15.9. The van der Waals surface area contributed by atoms with Crippen molar-refractivity contribution in [3.63, 3.8) is 0 Å². The third-order valence-corrected chi connectivity index (χ3v) is 2.65. The van der Waals surface area contributed by atoms with Gasteiger partial charge in [-0.3, -0.25) is 0 Å². The largest absolute Gasteiger partial charge is 0.480 e. The van der Waals surface area contributed by atoms with Crippen LogP contribution in [-0.4, -0.2) is 39.7 Å². The van der Waals surface area contributed by atoms with Crippen molar-refractivity contribution in [2.45, 2.75) is 39.7 Å². The van der Waals surface area contributed by atoms with Gasteiger partial charge in [-0.1, -0.05) is 13.3 Å². The van der Waals surface area contributed by atoms with Gasteiger partial charge in [-0.25, -0.2) is 19.6 Å². The van der Waals surface area contributed by atoms with E-state index in [4.69, 9.17) is 9.84 Å². The summed E-state index contributed by atoms with van der Waals surface area (Å²) in [5.74, 6) is -1.25. The van der Waals surface area contributed by atoms with E-state index in [1.807, 2.05) is 6.92 Å². The number of nitrogens with one attached hydrogen (secondary N) is 1. The highest BCUT2D eigenvalue weighted by Crippen LogP contribution is 2.11. The van der Waals surface area contributed by atoms with E-state index < -0.39 is 18.0 Å². The van der Waals surface area contributed by atoms with Gasteiger partial charge in [-0.2, -0.15) is 0 Å². The molecule has 110 valence electrons. The number of carboxylic acid groups (broad SMARTS) is 1. The van der Waals surface area contributed by atoms with Gasteiger partial charge in [-0.05, 0) is 20.3 Å². The molecule has 0 amide bonds. The number of hydrogen-bond donors (Lipinski definition) is 2. The van der Waals surface area contributed by atoms with Gasteiger partial charge in [0.25, 0.3) is 0 Å². The summed E-state index contributed by atoms with van der Waals surface area (Å²) in [6.07, 6.45) is 2.54. The molecule has 0 saturated heterocycles. The van der Waals surface area contributed by atoms with E-state index in [9.17, 15) is 9.59 Å². The van der Waals surface area contributed by atoms with Crippen molar-refractivity contribution in [1.82, 2.24) is 9.97 Å². The van der Waals surface area contributed by atoms with E-state index in [1.165, 1.54) is 6.20 Å². The van der Waals surface area contributed by atoms with Crippen LogP contribution in [-0.2, 0) is 9.53 Å². The predicted octanol–water partition coefficient (Wildman–Crippen LogP) is 1.63. The van der Waals surface area contributed by atoms with Gasteiger partial charge in [0.2, 0.25) is 5.95 Å². The Morgan fingerprint density at radius 3 is 2.65 bits per heavy atom. The topological polar surface area (TPSA) is 101 Å². The minimum Gasteiger partial charge on any atom is -0.480 e. The quantitative estimate of drug-likeness (QED) is 0.732. The first-order valence-electron chi connectivity index (χ1n) is 6.49. The van der Waals surface area contributed by atoms with Crippen molar-refractivity contribution in [2.24, 2.45) is 0 Å². The molecule has 0 radical (unpaired) electrons. The number of esters is 1. The summed E-state index contributed by atoms with van der Waals surface area (Å²) in [5.41, 5.74) is 0.723. The lowest BCUT2D eigenvalue weighted by Gasteiger charge is -2.14. The van der Waals surface area contributed by atoms with Crippen LogP contribution in [0.15, 0.2) is 6.20 Å². The zero-order valence-electron chi connectivity index (χ0n) is 11.8. The number of anilines is 1. The number of rotatable bonds is 7. The number of nitrogens with zero attached hydrogens (tertiary/aromatic N) is 2. The Balaban J connectivity index is 2.86. The fourth-order valence-corrected chi connectivity index (χ4v) is 1.65. The average Bonchev–Trinajstić information content (AvgIpc) is 2.38. The molecular formula is C13H19N3O4. The minimum atomic E-state index is -0.956. The van der Waals surface area contributed by atoms with Crippen LogP contribution in [0.3, 0.4) is 0 Å². The molecule has 0 aliphatic heterocycles. The number of hydrogen-bond acceptors (Lipinski definition) is 6. The molecular weight excluding hydrogens is 262 g/mol. The molecule has 0 fully saturated rings. The molecule has 0 aromatic carbocycles. The maximum Gasteiger partial charge on any atom is 0.341 e. The fraction of sp³-hybridized carbons (Fsp3) is 0.538. The lowest BCUT2D eigenvalue weighted by Crippen LogP contribution is -2.30. The van der Waals surface area contributed by atoms with Crippen LogP contribution in [0.25, 0.3) is 0 Å². The van der Waals surface area contributed by atoms with Gasteiger partial charge in [0.05, 0.1) is 17.9 Å². The summed E-state index contributed by atoms with van der Waals surface area (Å²) in [4.78, 5) is 30.7. The second-order valence-electron chi connectivity index (χ2n) is 4.24. The Kier molecular flexibility index (Phi) is 5.89. The molecule has 1 atom stereocenters. The van der Waals surface area contributed by atoms with E-state index in [1.54, 1.807) is 13.8 Å². The van der Waals surface area contributed by atoms with Gasteiger partial charge < -0.3 is 15.2 Å². The van der Waals surface area contributed by atoms with E-state index in [0.717, 1.165) is 6.42 Å². The van der Waals surface area contributed by atoms with Crippen molar-refractivity contribution >= 4 is 17.9 Å². The molecule has 1 unspecified atom stereocenters.